The lowest BCUT2D eigenvalue weighted by Gasteiger charge is -2.13. The summed E-state index contributed by atoms with van der Waals surface area (Å²) in [5.41, 5.74) is 1.61. The molecule has 152 valence electrons. The van der Waals surface area contributed by atoms with Gasteiger partial charge >= 0.3 is 5.69 Å². The van der Waals surface area contributed by atoms with Gasteiger partial charge < -0.3 is 14.9 Å². The Bertz CT molecular complexity index is 1320. The molecule has 2 aromatic heterocycles. The molecule has 0 aliphatic heterocycles. The molecule has 4 aromatic rings. The molecule has 4 rings (SSSR count). The highest BCUT2D eigenvalue weighted by Crippen LogP contribution is 2.17. The van der Waals surface area contributed by atoms with Crippen molar-refractivity contribution in [1.82, 2.24) is 19.4 Å². The number of hydrogen-bond donors (Lipinski definition) is 2. The maximum Gasteiger partial charge on any atom is 0.329 e. The van der Waals surface area contributed by atoms with E-state index >= 15 is 0 Å². The molecule has 2 N–H and O–H groups in total. The minimum absolute atomic E-state index is 0.155. The minimum atomic E-state index is -0.548. The fourth-order valence-corrected chi connectivity index (χ4v) is 3.59. The summed E-state index contributed by atoms with van der Waals surface area (Å²) in [6.45, 7) is 2.04. The molecular weight excluding hydrogens is 380 g/mol. The zero-order valence-corrected chi connectivity index (χ0v) is 16.8. The van der Waals surface area contributed by atoms with Crippen LogP contribution >= 0.6 is 0 Å². The number of aryl methyl sites for hydroxylation is 1. The molecule has 1 amide bonds. The first-order valence-electron chi connectivity index (χ1n) is 9.67. The van der Waals surface area contributed by atoms with E-state index in [1.54, 1.807) is 17.8 Å². The third-order valence-corrected chi connectivity index (χ3v) is 5.18. The first-order chi connectivity index (χ1) is 14.5. The lowest BCUT2D eigenvalue weighted by molar-refractivity contribution is 0.0941. The molecule has 0 aliphatic rings. The number of nitrogens with one attached hydrogen (secondary N) is 2. The minimum Gasteiger partial charge on any atom is -0.345 e. The second-order valence-electron chi connectivity index (χ2n) is 7.29. The zero-order valence-electron chi connectivity index (χ0n) is 16.8. The number of nitrogens with zero attached hydrogens (tertiary/aromatic N) is 2. The maximum absolute atomic E-state index is 13.0. The molecule has 7 nitrogen and oxygen atoms in total. The topological polar surface area (TPSA) is 88.9 Å². The van der Waals surface area contributed by atoms with Crippen LogP contribution in [0.3, 0.4) is 0 Å². The van der Waals surface area contributed by atoms with Gasteiger partial charge in [-0.3, -0.25) is 14.2 Å². The van der Waals surface area contributed by atoms with Crippen LogP contribution in [0.5, 0.6) is 0 Å². The van der Waals surface area contributed by atoms with Crippen LogP contribution in [0.2, 0.25) is 0 Å². The predicted molar refractivity (Wildman–Crippen MR) is 116 cm³/mol. The Hall–Kier alpha value is -3.87. The number of amides is 1. The quantitative estimate of drug-likeness (QED) is 0.538. The molecule has 30 heavy (non-hydrogen) atoms. The van der Waals surface area contributed by atoms with E-state index in [0.717, 1.165) is 15.7 Å². The van der Waals surface area contributed by atoms with E-state index in [-0.39, 0.29) is 35.1 Å². The van der Waals surface area contributed by atoms with Gasteiger partial charge in [-0.2, -0.15) is 0 Å². The molecule has 0 saturated carbocycles. The second-order valence-corrected chi connectivity index (χ2v) is 7.29. The van der Waals surface area contributed by atoms with Crippen molar-refractivity contribution in [1.29, 1.82) is 0 Å². The normalized spacial score (nSPS) is 12.1. The van der Waals surface area contributed by atoms with Gasteiger partial charge in [-0.1, -0.05) is 60.7 Å². The number of carbonyl (C=O) groups is 1. The predicted octanol–water partition coefficient (Wildman–Crippen LogP) is 2.57. The van der Waals surface area contributed by atoms with Crippen molar-refractivity contribution >= 4 is 16.9 Å². The smallest absolute Gasteiger partial charge is 0.329 e. The highest BCUT2D eigenvalue weighted by Gasteiger charge is 2.21. The summed E-state index contributed by atoms with van der Waals surface area (Å²) < 4.78 is 2.73. The molecule has 0 spiro atoms. The van der Waals surface area contributed by atoms with Gasteiger partial charge in [0.15, 0.2) is 0 Å². The van der Waals surface area contributed by atoms with Crippen molar-refractivity contribution in [2.24, 2.45) is 7.05 Å². The number of H-pyrrole nitrogens is 1. The van der Waals surface area contributed by atoms with Gasteiger partial charge in [-0.05, 0) is 18.1 Å². The highest BCUT2D eigenvalue weighted by atomic mass is 16.2. The van der Waals surface area contributed by atoms with Gasteiger partial charge in [0, 0.05) is 13.2 Å². The summed E-state index contributed by atoms with van der Waals surface area (Å²) in [7, 11) is 1.69. The number of aromatic amines is 1. The Morgan fingerprint density at radius 1 is 1.03 bits per heavy atom. The third kappa shape index (κ3) is 3.57. The average Bonchev–Trinajstić information content (AvgIpc) is 3.08. The van der Waals surface area contributed by atoms with E-state index in [0.29, 0.717) is 0 Å². The van der Waals surface area contributed by atoms with Crippen molar-refractivity contribution < 1.29 is 4.79 Å². The molecule has 2 aromatic carbocycles. The molecule has 0 saturated heterocycles. The van der Waals surface area contributed by atoms with Crippen molar-refractivity contribution in [2.45, 2.75) is 19.5 Å². The Kier molecular flexibility index (Phi) is 5.10. The standard InChI is InChI=1S/C23H22N4O3/c1-15(17-11-7-4-8-12-17)24-21(28)18-14-26(2)20-19(18)25-23(30)27(22(20)29)13-16-9-5-3-6-10-16/h3-12,14-15H,13H2,1-2H3,(H,24,28)(H,25,30)/t15-/m1/s1. The van der Waals surface area contributed by atoms with Crippen LogP contribution in [-0.4, -0.2) is 20.0 Å². The fraction of sp³-hybridized carbons (Fsp3) is 0.174. The van der Waals surface area contributed by atoms with Crippen LogP contribution in [-0.2, 0) is 13.6 Å². The molecule has 0 fully saturated rings. The molecule has 2 heterocycles. The summed E-state index contributed by atoms with van der Waals surface area (Å²) >= 11 is 0. The van der Waals surface area contributed by atoms with Crippen LogP contribution in [0, 0.1) is 0 Å². The monoisotopic (exact) mass is 402 g/mol. The Labute approximate surface area is 172 Å². The van der Waals surface area contributed by atoms with Gasteiger partial charge in [0.1, 0.15) is 5.52 Å². The van der Waals surface area contributed by atoms with Gasteiger partial charge in [0.25, 0.3) is 11.5 Å². The van der Waals surface area contributed by atoms with E-state index in [2.05, 4.69) is 10.3 Å². The first-order valence-corrected chi connectivity index (χ1v) is 9.67. The van der Waals surface area contributed by atoms with Gasteiger partial charge in [-0.25, -0.2) is 4.79 Å². The molecule has 0 unspecified atom stereocenters. The molecule has 0 aliphatic carbocycles. The largest absolute Gasteiger partial charge is 0.345 e. The lowest BCUT2D eigenvalue weighted by Crippen LogP contribution is -2.36. The lowest BCUT2D eigenvalue weighted by atomic mass is 10.1. The summed E-state index contributed by atoms with van der Waals surface area (Å²) in [6, 6.07) is 18.6. The van der Waals surface area contributed by atoms with E-state index in [9.17, 15) is 14.4 Å². The summed E-state index contributed by atoms with van der Waals surface area (Å²) in [5.74, 6) is -0.354. The third-order valence-electron chi connectivity index (χ3n) is 5.18. The Balaban J connectivity index is 1.72. The summed E-state index contributed by atoms with van der Waals surface area (Å²) in [6.07, 6.45) is 1.57. The number of hydrogen-bond acceptors (Lipinski definition) is 3. The van der Waals surface area contributed by atoms with Crippen molar-refractivity contribution in [3.05, 3.63) is 104 Å². The van der Waals surface area contributed by atoms with E-state index in [4.69, 9.17) is 0 Å². The molecule has 0 bridgehead atoms. The van der Waals surface area contributed by atoms with Crippen molar-refractivity contribution in [3.8, 4) is 0 Å². The van der Waals surface area contributed by atoms with Crippen LogP contribution in [0.1, 0.15) is 34.5 Å². The van der Waals surface area contributed by atoms with Gasteiger partial charge in [0.2, 0.25) is 0 Å². The van der Waals surface area contributed by atoms with E-state index in [1.165, 1.54) is 0 Å². The van der Waals surface area contributed by atoms with Crippen LogP contribution in [0.4, 0.5) is 0 Å². The molecular formula is C23H22N4O3. The van der Waals surface area contributed by atoms with E-state index in [1.807, 2.05) is 67.6 Å². The highest BCUT2D eigenvalue weighted by molar-refractivity contribution is 6.05. The molecule has 0 radical (unpaired) electrons. The van der Waals surface area contributed by atoms with Crippen molar-refractivity contribution in [2.75, 3.05) is 0 Å². The van der Waals surface area contributed by atoms with Gasteiger partial charge in [-0.15, -0.1) is 0 Å². The number of carbonyl (C=O) groups excluding carboxylic acids is 1. The number of benzene rings is 2. The number of fused-ring (bicyclic) bond motifs is 1. The van der Waals surface area contributed by atoms with Gasteiger partial charge in [0.05, 0.1) is 23.7 Å². The zero-order chi connectivity index (χ0) is 21.3. The second kappa shape index (κ2) is 7.87. The van der Waals surface area contributed by atoms with E-state index < -0.39 is 11.2 Å². The fourth-order valence-electron chi connectivity index (χ4n) is 3.59. The summed E-state index contributed by atoms with van der Waals surface area (Å²) in [5, 5.41) is 2.93. The van der Waals surface area contributed by atoms with Crippen LogP contribution in [0.15, 0.2) is 76.4 Å². The van der Waals surface area contributed by atoms with Crippen LogP contribution < -0.4 is 16.6 Å². The Morgan fingerprint density at radius 2 is 1.67 bits per heavy atom. The van der Waals surface area contributed by atoms with Crippen LogP contribution in [0.25, 0.3) is 11.0 Å². The first kappa shape index (κ1) is 19.4. The Morgan fingerprint density at radius 3 is 2.33 bits per heavy atom. The number of rotatable bonds is 5. The summed E-state index contributed by atoms with van der Waals surface area (Å²) in [4.78, 5) is 41.3. The SMILES string of the molecule is C[C@@H](NC(=O)c1cn(C)c2c(=O)n(Cc3ccccc3)c(=O)[nH]c12)c1ccccc1. The van der Waals surface area contributed by atoms with Crippen molar-refractivity contribution in [3.63, 3.8) is 0 Å². The molecule has 1 atom stereocenters. The maximum atomic E-state index is 13.0. The number of aromatic nitrogens is 3. The average molecular weight is 402 g/mol. The molecule has 7 heteroatoms.